The summed E-state index contributed by atoms with van der Waals surface area (Å²) in [4.78, 5) is 35.0. The highest BCUT2D eigenvalue weighted by molar-refractivity contribution is 6.33. The number of hydrogen-bond donors (Lipinski definition) is 1. The number of aromatic nitrogens is 1. The normalized spacial score (nSPS) is 21.2. The van der Waals surface area contributed by atoms with Crippen LogP contribution in [0.2, 0.25) is 5.02 Å². The lowest BCUT2D eigenvalue weighted by Gasteiger charge is -2.63. The molecule has 2 amide bonds. The molecule has 2 fully saturated rings. The van der Waals surface area contributed by atoms with Gasteiger partial charge in [0.15, 0.2) is 0 Å². The van der Waals surface area contributed by atoms with Gasteiger partial charge in [0.2, 0.25) is 5.69 Å². The predicted octanol–water partition coefficient (Wildman–Crippen LogP) is 6.90. The van der Waals surface area contributed by atoms with Crippen molar-refractivity contribution in [1.82, 2.24) is 15.2 Å². The smallest absolute Gasteiger partial charge is 0.410 e. The maximum atomic E-state index is 13.2. The number of nitrogens with one attached hydrogen (secondary N) is 1. The summed E-state index contributed by atoms with van der Waals surface area (Å²) in [6.45, 7) is 22.3. The first-order chi connectivity index (χ1) is 19.6. The first kappa shape index (κ1) is 31.2. The highest BCUT2D eigenvalue weighted by Crippen LogP contribution is 2.55. The van der Waals surface area contributed by atoms with Crippen LogP contribution in [0.1, 0.15) is 77.4 Å². The third-order valence-corrected chi connectivity index (χ3v) is 8.29. The Morgan fingerprint density at radius 3 is 2.33 bits per heavy atom. The van der Waals surface area contributed by atoms with Crippen molar-refractivity contribution in [3.05, 3.63) is 64.2 Å². The van der Waals surface area contributed by atoms with Crippen LogP contribution in [0.4, 0.5) is 10.5 Å². The van der Waals surface area contributed by atoms with Crippen LogP contribution in [0.25, 0.3) is 4.85 Å². The number of piperidine rings is 1. The fraction of sp³-hybridized carbons (Fsp3) is 0.515. The van der Waals surface area contributed by atoms with Crippen LogP contribution >= 0.6 is 11.6 Å². The van der Waals surface area contributed by atoms with E-state index < -0.39 is 5.60 Å². The van der Waals surface area contributed by atoms with Crippen LogP contribution in [0.3, 0.4) is 0 Å². The zero-order valence-corrected chi connectivity index (χ0v) is 26.1. The average molecular weight is 591 g/mol. The molecule has 2 aliphatic rings. The van der Waals surface area contributed by atoms with Gasteiger partial charge in [-0.05, 0) is 63.8 Å². The Morgan fingerprint density at radius 2 is 1.79 bits per heavy atom. The molecule has 8 nitrogen and oxygen atoms in total. The van der Waals surface area contributed by atoms with E-state index in [0.29, 0.717) is 40.8 Å². The Labute approximate surface area is 253 Å². The minimum absolute atomic E-state index is 0.147. The Balaban J connectivity index is 1.32. The van der Waals surface area contributed by atoms with Gasteiger partial charge in [-0.15, -0.1) is 0 Å². The lowest BCUT2D eigenvalue weighted by atomic mass is 9.49. The van der Waals surface area contributed by atoms with E-state index in [1.807, 2.05) is 20.8 Å². The molecule has 1 saturated heterocycles. The summed E-state index contributed by atoms with van der Waals surface area (Å²) in [6.07, 6.45) is 2.65. The number of pyridine rings is 1. The van der Waals surface area contributed by atoms with Crippen LogP contribution in [0, 0.1) is 35.2 Å². The molecular weight excluding hydrogens is 552 g/mol. The van der Waals surface area contributed by atoms with Gasteiger partial charge in [0, 0.05) is 42.1 Å². The van der Waals surface area contributed by atoms with Crippen molar-refractivity contribution in [2.75, 3.05) is 13.1 Å². The van der Waals surface area contributed by atoms with Gasteiger partial charge in [-0.3, -0.25) is 4.79 Å². The first-order valence-electron chi connectivity index (χ1n) is 14.2. The molecule has 222 valence electrons. The van der Waals surface area contributed by atoms with Gasteiger partial charge in [-0.1, -0.05) is 51.3 Å². The third-order valence-electron chi connectivity index (χ3n) is 7.99. The highest BCUT2D eigenvalue weighted by Gasteiger charge is 2.64. The molecule has 42 heavy (non-hydrogen) atoms. The number of ether oxygens (including phenoxy) is 2. The van der Waals surface area contributed by atoms with Crippen molar-refractivity contribution >= 4 is 29.3 Å². The third kappa shape index (κ3) is 6.82. The summed E-state index contributed by atoms with van der Waals surface area (Å²) in [5, 5.41) is 3.54. The molecule has 1 aromatic heterocycles. The average Bonchev–Trinajstić information content (AvgIpc) is 2.92. The van der Waals surface area contributed by atoms with Crippen LogP contribution in [-0.2, 0) is 4.74 Å². The second kappa shape index (κ2) is 11.9. The van der Waals surface area contributed by atoms with E-state index in [0.717, 1.165) is 12.8 Å². The quantitative estimate of drug-likeness (QED) is 0.309. The van der Waals surface area contributed by atoms with Gasteiger partial charge in [0.05, 0.1) is 17.2 Å². The van der Waals surface area contributed by atoms with Crippen molar-refractivity contribution in [3.63, 3.8) is 0 Å². The standard InChI is InChI=1S/C33H39ClN4O4/c1-31(2,3)42-30(40)38-17-15-21(16-18-38)9-11-23-12-10-22(20-36-23)27(39)37-28-32(4,5)29(33(28,6)7)41-24-13-14-26(35-8)25(34)19-24/h10,12-14,19-21,28-29H,15-18H2,1-7H3,(H,37,39). The number of carbonyl (C=O) groups is 2. The number of likely N-dealkylation sites (tertiary alicyclic amines) is 1. The maximum absolute atomic E-state index is 13.2. The van der Waals surface area contributed by atoms with E-state index in [9.17, 15) is 9.59 Å². The van der Waals surface area contributed by atoms with Gasteiger partial charge in [-0.2, -0.15) is 0 Å². The monoisotopic (exact) mass is 590 g/mol. The molecule has 0 atom stereocenters. The van der Waals surface area contributed by atoms with Gasteiger partial charge in [-0.25, -0.2) is 14.6 Å². The van der Waals surface area contributed by atoms with E-state index in [4.69, 9.17) is 27.6 Å². The zero-order chi connectivity index (χ0) is 30.9. The van der Waals surface area contributed by atoms with Crippen molar-refractivity contribution in [2.45, 2.75) is 79.1 Å². The number of rotatable bonds is 4. The molecule has 1 N–H and O–H groups in total. The molecule has 0 spiro atoms. The summed E-state index contributed by atoms with van der Waals surface area (Å²) < 4.78 is 11.8. The Hall–Kier alpha value is -3.75. The summed E-state index contributed by atoms with van der Waals surface area (Å²) in [6, 6.07) is 8.42. The van der Waals surface area contributed by atoms with E-state index in [-0.39, 0.29) is 40.9 Å². The molecule has 1 saturated carbocycles. The van der Waals surface area contributed by atoms with E-state index in [2.05, 4.69) is 54.7 Å². The van der Waals surface area contributed by atoms with Crippen LogP contribution < -0.4 is 10.1 Å². The van der Waals surface area contributed by atoms with Gasteiger partial charge in [0.1, 0.15) is 23.1 Å². The largest absolute Gasteiger partial charge is 0.489 e. The minimum Gasteiger partial charge on any atom is -0.489 e. The van der Waals surface area contributed by atoms with E-state index >= 15 is 0 Å². The SMILES string of the molecule is [C-]#[N+]c1ccc(OC2C(C)(C)C(NC(=O)c3ccc(C#CC4CCN(C(=O)OC(C)(C)C)CC4)nc3)C2(C)C)cc1Cl. The molecule has 9 heteroatoms. The lowest BCUT2D eigenvalue weighted by molar-refractivity contribution is -0.164. The number of hydrogen-bond acceptors (Lipinski definition) is 5. The molecule has 1 aliphatic carbocycles. The number of nitrogens with zero attached hydrogens (tertiary/aromatic N) is 3. The molecule has 4 rings (SSSR count). The van der Waals surface area contributed by atoms with Crippen molar-refractivity contribution in [1.29, 1.82) is 0 Å². The second-order valence-corrected chi connectivity index (χ2v) is 13.6. The van der Waals surface area contributed by atoms with Crippen molar-refractivity contribution < 1.29 is 19.1 Å². The molecule has 2 heterocycles. The molecule has 0 bridgehead atoms. The topological polar surface area (TPSA) is 85.1 Å². The second-order valence-electron chi connectivity index (χ2n) is 13.2. The first-order valence-corrected chi connectivity index (χ1v) is 14.6. The number of amides is 2. The Morgan fingerprint density at radius 1 is 1.12 bits per heavy atom. The van der Waals surface area contributed by atoms with Crippen LogP contribution in [-0.4, -0.2) is 52.7 Å². The van der Waals surface area contributed by atoms with E-state index in [1.54, 1.807) is 41.4 Å². The summed E-state index contributed by atoms with van der Waals surface area (Å²) in [5.41, 5.74) is 0.217. The molecule has 1 aliphatic heterocycles. The molecule has 0 unspecified atom stereocenters. The van der Waals surface area contributed by atoms with Crippen molar-refractivity contribution in [2.24, 2.45) is 16.7 Å². The van der Waals surface area contributed by atoms with Gasteiger partial charge in [0.25, 0.3) is 5.91 Å². The summed E-state index contributed by atoms with van der Waals surface area (Å²) in [5.74, 6) is 6.96. The fourth-order valence-electron chi connectivity index (χ4n) is 6.11. The Bertz CT molecular complexity index is 1420. The number of halogens is 1. The number of carbonyl (C=O) groups excluding carboxylic acids is 2. The minimum atomic E-state index is -0.507. The van der Waals surface area contributed by atoms with Gasteiger partial charge < -0.3 is 19.7 Å². The molecule has 0 radical (unpaired) electrons. The fourth-order valence-corrected chi connectivity index (χ4v) is 6.33. The summed E-state index contributed by atoms with van der Waals surface area (Å²) >= 11 is 6.20. The van der Waals surface area contributed by atoms with Crippen molar-refractivity contribution in [3.8, 4) is 17.6 Å². The van der Waals surface area contributed by atoms with Gasteiger partial charge >= 0.3 is 6.09 Å². The zero-order valence-electron chi connectivity index (χ0n) is 25.4. The van der Waals surface area contributed by atoms with Crippen LogP contribution in [0.15, 0.2) is 36.5 Å². The maximum Gasteiger partial charge on any atom is 0.410 e. The highest BCUT2D eigenvalue weighted by atomic mass is 35.5. The molecule has 1 aromatic carbocycles. The predicted molar refractivity (Wildman–Crippen MR) is 163 cm³/mol. The molecular formula is C33H39ClN4O4. The van der Waals surface area contributed by atoms with E-state index in [1.165, 1.54) is 0 Å². The summed E-state index contributed by atoms with van der Waals surface area (Å²) in [7, 11) is 0. The Kier molecular flexibility index (Phi) is 8.81. The van der Waals surface area contributed by atoms with Crippen LogP contribution in [0.5, 0.6) is 5.75 Å². The lowest BCUT2D eigenvalue weighted by Crippen LogP contribution is -2.74. The molecule has 2 aromatic rings. The number of benzene rings is 1.